The number of hydrogen-bond donors (Lipinski definition) is 0. The van der Waals surface area contributed by atoms with E-state index in [1.807, 2.05) is 0 Å². The van der Waals surface area contributed by atoms with E-state index in [9.17, 15) is 4.79 Å². The third-order valence-corrected chi connectivity index (χ3v) is 2.25. The topological polar surface area (TPSA) is 26.3 Å². The van der Waals surface area contributed by atoms with Gasteiger partial charge in [0.1, 0.15) is 0 Å². The summed E-state index contributed by atoms with van der Waals surface area (Å²) in [7, 11) is 0. The van der Waals surface area contributed by atoms with Gasteiger partial charge in [-0.1, -0.05) is 46.0 Å². The first kappa shape index (κ1) is 12.5. The second kappa shape index (κ2) is 9.56. The second-order valence-corrected chi connectivity index (χ2v) is 3.74. The van der Waals surface area contributed by atoms with Crippen LogP contribution in [0.2, 0.25) is 0 Å². The smallest absolute Gasteiger partial charge is 0.293 e. The van der Waals surface area contributed by atoms with Gasteiger partial charge < -0.3 is 4.74 Å². The molecule has 0 aliphatic rings. The molecule has 0 aliphatic heterocycles. The minimum Gasteiger partial charge on any atom is -0.468 e. The van der Waals surface area contributed by atoms with Crippen LogP contribution in [0.1, 0.15) is 52.4 Å². The summed E-state index contributed by atoms with van der Waals surface area (Å²) in [6.45, 7) is 5.47. The van der Waals surface area contributed by atoms with Crippen LogP contribution in [0.3, 0.4) is 0 Å². The first-order chi connectivity index (χ1) is 6.31. The lowest BCUT2D eigenvalue weighted by Gasteiger charge is -2.08. The molecule has 0 aromatic heterocycles. The Bertz CT molecular complexity index is 113. The molecule has 1 atom stereocenters. The van der Waals surface area contributed by atoms with Crippen molar-refractivity contribution in [2.75, 3.05) is 6.61 Å². The van der Waals surface area contributed by atoms with Gasteiger partial charge in [0.05, 0.1) is 6.61 Å². The zero-order valence-corrected chi connectivity index (χ0v) is 8.92. The Morgan fingerprint density at radius 2 is 1.92 bits per heavy atom. The molecule has 0 heterocycles. The van der Waals surface area contributed by atoms with Crippen molar-refractivity contribution >= 4 is 6.47 Å². The van der Waals surface area contributed by atoms with E-state index < -0.39 is 0 Å². The number of hydrogen-bond acceptors (Lipinski definition) is 2. The third kappa shape index (κ3) is 9.38. The van der Waals surface area contributed by atoms with Crippen LogP contribution in [0.15, 0.2) is 0 Å². The average Bonchev–Trinajstić information content (AvgIpc) is 2.14. The van der Waals surface area contributed by atoms with Crippen molar-refractivity contribution < 1.29 is 9.53 Å². The highest BCUT2D eigenvalue weighted by Crippen LogP contribution is 2.11. The molecule has 0 spiro atoms. The SMILES string of the molecule is CCCCCCCC(C)COC=O. The fourth-order valence-electron chi connectivity index (χ4n) is 1.38. The quantitative estimate of drug-likeness (QED) is 0.408. The maximum atomic E-state index is 9.90. The molecular formula is C11H22O2. The van der Waals surface area contributed by atoms with E-state index >= 15 is 0 Å². The molecular weight excluding hydrogens is 164 g/mol. The van der Waals surface area contributed by atoms with Crippen molar-refractivity contribution in [3.8, 4) is 0 Å². The number of rotatable bonds is 9. The van der Waals surface area contributed by atoms with Crippen molar-refractivity contribution in [3.05, 3.63) is 0 Å². The molecule has 0 fully saturated rings. The molecule has 1 unspecified atom stereocenters. The lowest BCUT2D eigenvalue weighted by molar-refractivity contribution is -0.129. The predicted octanol–water partition coefficient (Wildman–Crippen LogP) is 3.16. The average molecular weight is 186 g/mol. The van der Waals surface area contributed by atoms with Gasteiger partial charge in [0.2, 0.25) is 0 Å². The van der Waals surface area contributed by atoms with Crippen LogP contribution < -0.4 is 0 Å². The van der Waals surface area contributed by atoms with Crippen molar-refractivity contribution in [1.82, 2.24) is 0 Å². The normalized spacial score (nSPS) is 12.5. The highest BCUT2D eigenvalue weighted by atomic mass is 16.5. The van der Waals surface area contributed by atoms with Gasteiger partial charge in [0.25, 0.3) is 6.47 Å². The van der Waals surface area contributed by atoms with Crippen LogP contribution in [-0.4, -0.2) is 13.1 Å². The maximum Gasteiger partial charge on any atom is 0.293 e. The predicted molar refractivity (Wildman–Crippen MR) is 54.6 cm³/mol. The Kier molecular flexibility index (Phi) is 9.17. The van der Waals surface area contributed by atoms with Gasteiger partial charge in [-0.2, -0.15) is 0 Å². The molecule has 0 saturated carbocycles. The van der Waals surface area contributed by atoms with E-state index in [1.54, 1.807) is 0 Å². The number of carbonyl (C=O) groups is 1. The van der Waals surface area contributed by atoms with Crippen LogP contribution in [0, 0.1) is 5.92 Å². The molecule has 0 radical (unpaired) electrons. The summed E-state index contributed by atoms with van der Waals surface area (Å²) in [4.78, 5) is 9.90. The maximum absolute atomic E-state index is 9.90. The van der Waals surface area contributed by atoms with E-state index in [1.165, 1.54) is 38.5 Å². The molecule has 2 nitrogen and oxygen atoms in total. The standard InChI is InChI=1S/C11H22O2/c1-3-4-5-6-7-8-11(2)9-13-10-12/h10-11H,3-9H2,1-2H3. The van der Waals surface area contributed by atoms with Gasteiger partial charge in [0.15, 0.2) is 0 Å². The third-order valence-electron chi connectivity index (χ3n) is 2.25. The summed E-state index contributed by atoms with van der Waals surface area (Å²) < 4.78 is 4.69. The van der Waals surface area contributed by atoms with Crippen LogP contribution >= 0.6 is 0 Å². The summed E-state index contributed by atoms with van der Waals surface area (Å²) in [5.74, 6) is 0.520. The number of unbranched alkanes of at least 4 members (excludes halogenated alkanes) is 4. The van der Waals surface area contributed by atoms with Gasteiger partial charge in [-0.15, -0.1) is 0 Å². The largest absolute Gasteiger partial charge is 0.468 e. The van der Waals surface area contributed by atoms with Gasteiger partial charge >= 0.3 is 0 Å². The monoisotopic (exact) mass is 186 g/mol. The second-order valence-electron chi connectivity index (χ2n) is 3.74. The fourth-order valence-corrected chi connectivity index (χ4v) is 1.38. The van der Waals surface area contributed by atoms with Crippen LogP contribution in [0.25, 0.3) is 0 Å². The van der Waals surface area contributed by atoms with E-state index in [4.69, 9.17) is 4.74 Å². The molecule has 2 heteroatoms. The molecule has 0 aromatic carbocycles. The Morgan fingerprint density at radius 1 is 1.23 bits per heavy atom. The highest BCUT2D eigenvalue weighted by molar-refractivity contribution is 5.36. The van der Waals surface area contributed by atoms with Crippen LogP contribution in [-0.2, 0) is 9.53 Å². The summed E-state index contributed by atoms with van der Waals surface area (Å²) in [6, 6.07) is 0. The van der Waals surface area contributed by atoms with Crippen molar-refractivity contribution in [2.45, 2.75) is 52.4 Å². The summed E-state index contributed by atoms with van der Waals surface area (Å²) in [6.07, 6.45) is 7.75. The Balaban J connectivity index is 3.07. The first-order valence-corrected chi connectivity index (χ1v) is 5.36. The van der Waals surface area contributed by atoms with E-state index in [0.717, 1.165) is 0 Å². The zero-order chi connectivity index (χ0) is 9.94. The van der Waals surface area contributed by atoms with Gasteiger partial charge in [-0.05, 0) is 12.3 Å². The highest BCUT2D eigenvalue weighted by Gasteiger charge is 2.01. The minimum absolute atomic E-state index is 0.520. The minimum atomic E-state index is 0.520. The molecule has 0 bridgehead atoms. The van der Waals surface area contributed by atoms with Gasteiger partial charge in [-0.3, -0.25) is 4.79 Å². The van der Waals surface area contributed by atoms with E-state index in [2.05, 4.69) is 13.8 Å². The van der Waals surface area contributed by atoms with Gasteiger partial charge in [0, 0.05) is 0 Å². The van der Waals surface area contributed by atoms with Crippen molar-refractivity contribution in [3.63, 3.8) is 0 Å². The van der Waals surface area contributed by atoms with Crippen LogP contribution in [0.5, 0.6) is 0 Å². The summed E-state index contributed by atoms with van der Waals surface area (Å²) in [5, 5.41) is 0. The van der Waals surface area contributed by atoms with Crippen LogP contribution in [0.4, 0.5) is 0 Å². The molecule has 0 saturated heterocycles. The molecule has 0 rings (SSSR count). The molecule has 0 N–H and O–H groups in total. The van der Waals surface area contributed by atoms with E-state index in [0.29, 0.717) is 19.0 Å². The lowest BCUT2D eigenvalue weighted by Crippen LogP contribution is -2.04. The number of carbonyl (C=O) groups excluding carboxylic acids is 1. The van der Waals surface area contributed by atoms with Gasteiger partial charge in [-0.25, -0.2) is 0 Å². The Morgan fingerprint density at radius 3 is 2.54 bits per heavy atom. The Hall–Kier alpha value is -0.530. The molecule has 0 amide bonds. The lowest BCUT2D eigenvalue weighted by atomic mass is 10.0. The number of ether oxygens (including phenoxy) is 1. The van der Waals surface area contributed by atoms with Crippen molar-refractivity contribution in [2.24, 2.45) is 5.92 Å². The molecule has 0 aromatic rings. The summed E-state index contributed by atoms with van der Waals surface area (Å²) in [5.41, 5.74) is 0. The fraction of sp³-hybridized carbons (Fsp3) is 0.909. The van der Waals surface area contributed by atoms with Crippen molar-refractivity contribution in [1.29, 1.82) is 0 Å². The zero-order valence-electron chi connectivity index (χ0n) is 8.92. The molecule has 0 aliphatic carbocycles. The molecule has 78 valence electrons. The Labute approximate surface area is 81.7 Å². The summed E-state index contributed by atoms with van der Waals surface area (Å²) >= 11 is 0. The van der Waals surface area contributed by atoms with E-state index in [-0.39, 0.29) is 0 Å². The molecule has 13 heavy (non-hydrogen) atoms. The first-order valence-electron chi connectivity index (χ1n) is 5.36.